The maximum atomic E-state index is 11.6. The van der Waals surface area contributed by atoms with Crippen LogP contribution in [0.1, 0.15) is 25.1 Å². The summed E-state index contributed by atoms with van der Waals surface area (Å²) in [5.74, 6) is -0.0553. The van der Waals surface area contributed by atoms with Gasteiger partial charge in [-0.2, -0.15) is 5.26 Å². The van der Waals surface area contributed by atoms with Crippen LogP contribution in [0.15, 0.2) is 12.3 Å². The largest absolute Gasteiger partial charge is 0.369 e. The smallest absolute Gasteiger partial charge is 0.248 e. The molecule has 1 saturated heterocycles. The second-order valence-corrected chi connectivity index (χ2v) is 7.43. The Morgan fingerprint density at radius 1 is 1.52 bits per heavy atom. The monoisotopic (exact) mass is 348 g/mol. The molecule has 0 radical (unpaired) electrons. The Kier molecular flexibility index (Phi) is 6.22. The first kappa shape index (κ1) is 19.4. The molecule has 1 fully saturated rings. The molecule has 1 aromatic rings. The maximum Gasteiger partial charge on any atom is 0.248 e. The van der Waals surface area contributed by atoms with Gasteiger partial charge in [0.1, 0.15) is 18.4 Å². The first-order valence-corrected chi connectivity index (χ1v) is 8.43. The number of amides is 1. The molecule has 0 aromatic carbocycles. The highest BCUT2D eigenvalue weighted by Gasteiger charge is 2.33. The van der Waals surface area contributed by atoms with Gasteiger partial charge in [0.25, 0.3) is 0 Å². The molecule has 0 N–H and O–H groups in total. The van der Waals surface area contributed by atoms with E-state index in [0.29, 0.717) is 12.3 Å². The molecule has 1 atom stereocenters. The minimum absolute atomic E-state index is 0.0553. The van der Waals surface area contributed by atoms with Gasteiger partial charge in [-0.25, -0.2) is 0 Å². The van der Waals surface area contributed by atoms with Gasteiger partial charge in [0, 0.05) is 47.0 Å². The van der Waals surface area contributed by atoms with Gasteiger partial charge in [0.05, 0.1) is 18.3 Å². The third-order valence-corrected chi connectivity index (χ3v) is 4.16. The number of rotatable bonds is 6. The lowest BCUT2D eigenvalue weighted by Gasteiger charge is -2.42. The van der Waals surface area contributed by atoms with Crippen LogP contribution < -0.4 is 0 Å². The van der Waals surface area contributed by atoms with Gasteiger partial charge in [-0.3, -0.25) is 9.69 Å². The lowest BCUT2D eigenvalue weighted by atomic mass is 10.0. The number of nitrogens with zero attached hydrogens (tertiary/aromatic N) is 4. The minimum atomic E-state index is -0.287. The molecule has 0 bridgehead atoms. The van der Waals surface area contributed by atoms with Crippen molar-refractivity contribution in [3.8, 4) is 6.07 Å². The summed E-state index contributed by atoms with van der Waals surface area (Å²) >= 11 is 0. The number of aromatic nitrogens is 1. The third-order valence-electron chi connectivity index (χ3n) is 4.16. The molecule has 1 aromatic heterocycles. The van der Waals surface area contributed by atoms with Crippen molar-refractivity contribution in [2.75, 3.05) is 40.4 Å². The Hall–Kier alpha value is -1.88. The van der Waals surface area contributed by atoms with Gasteiger partial charge in [0.2, 0.25) is 5.91 Å². The van der Waals surface area contributed by atoms with E-state index >= 15 is 0 Å². The van der Waals surface area contributed by atoms with Gasteiger partial charge in [-0.1, -0.05) is 0 Å². The van der Waals surface area contributed by atoms with Crippen molar-refractivity contribution in [2.45, 2.75) is 32.1 Å². The fourth-order valence-corrected chi connectivity index (χ4v) is 3.12. The van der Waals surface area contributed by atoms with Gasteiger partial charge >= 0.3 is 0 Å². The van der Waals surface area contributed by atoms with Crippen LogP contribution >= 0.6 is 0 Å². The Balaban J connectivity index is 1.93. The highest BCUT2D eigenvalue weighted by atomic mass is 16.5. The number of ether oxygens (including phenoxy) is 2. The molecule has 1 aliphatic heterocycles. The second-order valence-electron chi connectivity index (χ2n) is 7.43. The number of nitriles is 1. The SMILES string of the molecule is CN(C)C(=O)COC[C@@H]1CN(Cc2cc(C#N)n(C)c2)CC(C)(C)O1. The zero-order valence-corrected chi connectivity index (χ0v) is 15.8. The molecule has 0 spiro atoms. The van der Waals surface area contributed by atoms with Crippen molar-refractivity contribution < 1.29 is 14.3 Å². The highest BCUT2D eigenvalue weighted by molar-refractivity contribution is 5.76. The molecule has 2 rings (SSSR count). The quantitative estimate of drug-likeness (QED) is 0.766. The molecule has 0 saturated carbocycles. The first-order valence-electron chi connectivity index (χ1n) is 8.43. The van der Waals surface area contributed by atoms with Crippen molar-refractivity contribution in [1.82, 2.24) is 14.4 Å². The summed E-state index contributed by atoms with van der Waals surface area (Å²) in [6.07, 6.45) is 1.90. The zero-order valence-electron chi connectivity index (χ0n) is 15.8. The van der Waals surface area contributed by atoms with Gasteiger partial charge in [-0.15, -0.1) is 0 Å². The highest BCUT2D eigenvalue weighted by Crippen LogP contribution is 2.23. The molecule has 1 amide bonds. The van der Waals surface area contributed by atoms with Crippen molar-refractivity contribution in [2.24, 2.45) is 7.05 Å². The van der Waals surface area contributed by atoms with Crippen LogP contribution in [-0.4, -0.2) is 72.4 Å². The number of carbonyl (C=O) groups excluding carboxylic acids is 1. The van der Waals surface area contributed by atoms with Crippen LogP contribution in [0.4, 0.5) is 0 Å². The van der Waals surface area contributed by atoms with E-state index < -0.39 is 0 Å². The fraction of sp³-hybridized carbons (Fsp3) is 0.667. The zero-order chi connectivity index (χ0) is 18.6. The summed E-state index contributed by atoms with van der Waals surface area (Å²) < 4.78 is 13.5. The molecule has 7 heteroatoms. The van der Waals surface area contributed by atoms with E-state index in [1.807, 2.05) is 23.9 Å². The third kappa shape index (κ3) is 5.56. The van der Waals surface area contributed by atoms with Crippen molar-refractivity contribution in [3.05, 3.63) is 23.5 Å². The van der Waals surface area contributed by atoms with E-state index in [1.165, 1.54) is 4.90 Å². The molecule has 0 unspecified atom stereocenters. The lowest BCUT2D eigenvalue weighted by molar-refractivity contribution is -0.161. The van der Waals surface area contributed by atoms with Crippen molar-refractivity contribution in [1.29, 1.82) is 5.26 Å². The standard InChI is InChI=1S/C18H28N4O3/c1-18(2)13-22(9-14-6-15(7-19)21(5)8-14)10-16(25-18)11-24-12-17(23)20(3)4/h6,8,16H,9-13H2,1-5H3/t16-/m0/s1. The molecule has 25 heavy (non-hydrogen) atoms. The lowest BCUT2D eigenvalue weighted by Crippen LogP contribution is -2.53. The first-order chi connectivity index (χ1) is 11.7. The minimum Gasteiger partial charge on any atom is -0.369 e. The number of hydrogen-bond donors (Lipinski definition) is 0. The number of likely N-dealkylation sites (N-methyl/N-ethyl adjacent to an activating group) is 1. The molecular weight excluding hydrogens is 320 g/mol. The van der Waals surface area contributed by atoms with E-state index in [4.69, 9.17) is 14.7 Å². The van der Waals surface area contributed by atoms with Gasteiger partial charge in [0.15, 0.2) is 0 Å². The summed E-state index contributed by atoms with van der Waals surface area (Å²) in [7, 11) is 5.30. The normalized spacial score (nSPS) is 20.2. The predicted molar refractivity (Wildman–Crippen MR) is 93.9 cm³/mol. The van der Waals surface area contributed by atoms with Crippen LogP contribution in [0.5, 0.6) is 0 Å². The molecular formula is C18H28N4O3. The number of morpholine rings is 1. The van der Waals surface area contributed by atoms with E-state index in [1.54, 1.807) is 14.1 Å². The van der Waals surface area contributed by atoms with Gasteiger partial charge < -0.3 is 18.9 Å². The average molecular weight is 348 g/mol. The molecule has 2 heterocycles. The number of aryl methyl sites for hydroxylation is 1. The maximum absolute atomic E-state index is 11.6. The number of carbonyl (C=O) groups is 1. The van der Waals surface area contributed by atoms with Crippen LogP contribution in [0.3, 0.4) is 0 Å². The average Bonchev–Trinajstić information content (AvgIpc) is 2.85. The van der Waals surface area contributed by atoms with Crippen LogP contribution in [0.25, 0.3) is 0 Å². The number of hydrogen-bond acceptors (Lipinski definition) is 5. The summed E-state index contributed by atoms with van der Waals surface area (Å²) in [5.41, 5.74) is 1.48. The van der Waals surface area contributed by atoms with E-state index in [9.17, 15) is 4.79 Å². The summed E-state index contributed by atoms with van der Waals surface area (Å²) in [4.78, 5) is 15.4. The Bertz CT molecular complexity index is 645. The van der Waals surface area contributed by atoms with Crippen LogP contribution in [-0.2, 0) is 27.9 Å². The van der Waals surface area contributed by atoms with E-state index in [-0.39, 0.29) is 24.2 Å². The predicted octanol–water partition coefficient (Wildman–Crippen LogP) is 0.981. The van der Waals surface area contributed by atoms with Crippen LogP contribution in [0, 0.1) is 11.3 Å². The summed E-state index contributed by atoms with van der Waals surface area (Å²) in [6.45, 7) is 6.86. The topological polar surface area (TPSA) is 70.7 Å². The van der Waals surface area contributed by atoms with Crippen LogP contribution in [0.2, 0.25) is 0 Å². The molecule has 138 valence electrons. The summed E-state index contributed by atoms with van der Waals surface area (Å²) in [6, 6.07) is 4.11. The summed E-state index contributed by atoms with van der Waals surface area (Å²) in [5, 5.41) is 9.09. The molecule has 0 aliphatic carbocycles. The van der Waals surface area contributed by atoms with E-state index in [0.717, 1.165) is 25.2 Å². The Morgan fingerprint density at radius 3 is 2.84 bits per heavy atom. The Labute approximate surface area is 149 Å². The van der Waals surface area contributed by atoms with Gasteiger partial charge in [-0.05, 0) is 25.5 Å². The molecule has 7 nitrogen and oxygen atoms in total. The van der Waals surface area contributed by atoms with E-state index in [2.05, 4.69) is 24.8 Å². The Morgan fingerprint density at radius 2 is 2.24 bits per heavy atom. The molecule has 1 aliphatic rings. The van der Waals surface area contributed by atoms with Crippen molar-refractivity contribution >= 4 is 5.91 Å². The second kappa shape index (κ2) is 8.00. The van der Waals surface area contributed by atoms with Crippen molar-refractivity contribution in [3.63, 3.8) is 0 Å². The fourth-order valence-electron chi connectivity index (χ4n) is 3.12.